The lowest BCUT2D eigenvalue weighted by Crippen LogP contribution is -1.95. The van der Waals surface area contributed by atoms with Gasteiger partial charge < -0.3 is 9.47 Å². The highest BCUT2D eigenvalue weighted by Crippen LogP contribution is 2.15. The second-order valence-corrected chi connectivity index (χ2v) is 2.81. The Labute approximate surface area is 93.2 Å². The zero-order valence-corrected chi connectivity index (χ0v) is 8.94. The van der Waals surface area contributed by atoms with Crippen LogP contribution in [0.2, 0.25) is 0 Å². The van der Waals surface area contributed by atoms with Crippen molar-refractivity contribution in [3.8, 4) is 17.6 Å². The van der Waals surface area contributed by atoms with E-state index in [0.29, 0.717) is 23.2 Å². The summed E-state index contributed by atoms with van der Waals surface area (Å²) in [6, 6.07) is 4.82. The Morgan fingerprint density at radius 1 is 1.38 bits per heavy atom. The molecule has 0 spiro atoms. The van der Waals surface area contributed by atoms with Crippen molar-refractivity contribution in [1.82, 2.24) is 0 Å². The fourth-order valence-electron chi connectivity index (χ4n) is 1.05. The van der Waals surface area contributed by atoms with Crippen LogP contribution in [-0.2, 0) is 9.53 Å². The molecule has 0 aliphatic carbocycles. The largest absolute Gasteiger partial charge is 0.497 e. The molecule has 0 aromatic heterocycles. The molecule has 1 aromatic rings. The third-order valence-electron chi connectivity index (χ3n) is 1.87. The first-order valence-corrected chi connectivity index (χ1v) is 4.44. The summed E-state index contributed by atoms with van der Waals surface area (Å²) in [5.74, 6) is 4.72. The summed E-state index contributed by atoms with van der Waals surface area (Å²) < 4.78 is 9.32. The van der Waals surface area contributed by atoms with E-state index >= 15 is 0 Å². The van der Waals surface area contributed by atoms with E-state index in [0.717, 1.165) is 0 Å². The van der Waals surface area contributed by atoms with Gasteiger partial charge in [0.1, 0.15) is 5.75 Å². The average Bonchev–Trinajstić information content (AvgIpc) is 2.35. The van der Waals surface area contributed by atoms with Crippen LogP contribution in [0.4, 0.5) is 0 Å². The average molecular weight is 218 g/mol. The molecule has 1 rings (SSSR count). The van der Waals surface area contributed by atoms with Gasteiger partial charge in [0.25, 0.3) is 0 Å². The number of aldehydes is 1. The van der Waals surface area contributed by atoms with Crippen LogP contribution in [0.25, 0.3) is 0 Å². The molecule has 0 atom stereocenters. The lowest BCUT2D eigenvalue weighted by molar-refractivity contribution is -0.133. The number of methoxy groups -OCH3 is 2. The van der Waals surface area contributed by atoms with E-state index in [4.69, 9.17) is 4.74 Å². The molecule has 0 heterocycles. The van der Waals surface area contributed by atoms with Gasteiger partial charge >= 0.3 is 5.97 Å². The molecule has 4 nitrogen and oxygen atoms in total. The quantitative estimate of drug-likeness (QED) is 0.422. The van der Waals surface area contributed by atoms with Crippen molar-refractivity contribution in [3.05, 3.63) is 29.3 Å². The predicted molar refractivity (Wildman–Crippen MR) is 57.3 cm³/mol. The normalized spacial score (nSPS) is 8.62. The number of carbonyl (C=O) groups is 2. The Morgan fingerprint density at radius 2 is 2.12 bits per heavy atom. The minimum absolute atomic E-state index is 0.371. The molecular formula is C12H10O4. The molecular weight excluding hydrogens is 208 g/mol. The molecule has 82 valence electrons. The van der Waals surface area contributed by atoms with Crippen LogP contribution in [0.15, 0.2) is 18.2 Å². The molecule has 16 heavy (non-hydrogen) atoms. The maximum Gasteiger partial charge on any atom is 0.384 e. The maximum absolute atomic E-state index is 10.8. The number of hydrogen-bond acceptors (Lipinski definition) is 4. The molecule has 0 radical (unpaired) electrons. The van der Waals surface area contributed by atoms with Crippen molar-refractivity contribution < 1.29 is 19.1 Å². The Hall–Kier alpha value is -2.28. The zero-order valence-electron chi connectivity index (χ0n) is 8.94. The standard InChI is InChI=1S/C12H10O4/c1-15-11-5-3-9(10(7-11)8-13)4-6-12(14)16-2/h3,5,7-8H,1-2H3. The number of esters is 1. The number of rotatable bonds is 2. The SMILES string of the molecule is COC(=O)C#Cc1ccc(OC)cc1C=O. The van der Waals surface area contributed by atoms with Gasteiger partial charge in [-0.15, -0.1) is 0 Å². The van der Waals surface area contributed by atoms with E-state index in [2.05, 4.69) is 16.6 Å². The van der Waals surface area contributed by atoms with Crippen molar-refractivity contribution in [2.75, 3.05) is 14.2 Å². The van der Waals surface area contributed by atoms with E-state index < -0.39 is 5.97 Å². The molecule has 0 saturated heterocycles. The molecule has 0 aliphatic heterocycles. The molecule has 0 aliphatic rings. The second-order valence-electron chi connectivity index (χ2n) is 2.81. The Morgan fingerprint density at radius 3 is 2.69 bits per heavy atom. The molecule has 1 aromatic carbocycles. The van der Waals surface area contributed by atoms with Crippen LogP contribution in [0, 0.1) is 11.8 Å². The topological polar surface area (TPSA) is 52.6 Å². The Kier molecular flexibility index (Phi) is 4.10. The molecule has 0 unspecified atom stereocenters. The first-order chi connectivity index (χ1) is 7.71. The van der Waals surface area contributed by atoms with E-state index in [1.165, 1.54) is 14.2 Å². The van der Waals surface area contributed by atoms with Crippen LogP contribution in [-0.4, -0.2) is 26.5 Å². The van der Waals surface area contributed by atoms with Crippen LogP contribution >= 0.6 is 0 Å². The minimum Gasteiger partial charge on any atom is -0.497 e. The third-order valence-corrected chi connectivity index (χ3v) is 1.87. The molecule has 0 fully saturated rings. The van der Waals surface area contributed by atoms with E-state index in [1.54, 1.807) is 18.2 Å². The fourth-order valence-corrected chi connectivity index (χ4v) is 1.05. The lowest BCUT2D eigenvalue weighted by atomic mass is 10.1. The van der Waals surface area contributed by atoms with Gasteiger partial charge in [-0.1, -0.05) is 5.92 Å². The number of carbonyl (C=O) groups excluding carboxylic acids is 2. The highest BCUT2D eigenvalue weighted by molar-refractivity contribution is 5.90. The summed E-state index contributed by atoms with van der Waals surface area (Å²) in [5, 5.41) is 0. The van der Waals surface area contributed by atoms with Gasteiger partial charge in [-0.3, -0.25) is 4.79 Å². The highest BCUT2D eigenvalue weighted by atomic mass is 16.5. The van der Waals surface area contributed by atoms with Gasteiger partial charge in [0.2, 0.25) is 0 Å². The third kappa shape index (κ3) is 2.85. The number of ether oxygens (including phenoxy) is 2. The smallest absolute Gasteiger partial charge is 0.384 e. The monoisotopic (exact) mass is 218 g/mol. The zero-order chi connectivity index (χ0) is 12.0. The van der Waals surface area contributed by atoms with Gasteiger partial charge in [0.05, 0.1) is 14.2 Å². The summed E-state index contributed by atoms with van der Waals surface area (Å²) >= 11 is 0. The minimum atomic E-state index is -0.646. The van der Waals surface area contributed by atoms with Crippen molar-refractivity contribution in [2.45, 2.75) is 0 Å². The van der Waals surface area contributed by atoms with Crippen molar-refractivity contribution in [2.24, 2.45) is 0 Å². The Balaban J connectivity index is 3.08. The summed E-state index contributed by atoms with van der Waals surface area (Å²) in [6.45, 7) is 0. The molecule has 4 heteroatoms. The van der Waals surface area contributed by atoms with Crippen LogP contribution in [0.5, 0.6) is 5.75 Å². The van der Waals surface area contributed by atoms with Crippen LogP contribution < -0.4 is 4.74 Å². The lowest BCUT2D eigenvalue weighted by Gasteiger charge is -2.01. The molecule has 0 amide bonds. The Bertz CT molecular complexity index is 466. The van der Waals surface area contributed by atoms with Crippen LogP contribution in [0.3, 0.4) is 0 Å². The summed E-state index contributed by atoms with van der Waals surface area (Å²) in [5.41, 5.74) is 0.831. The van der Waals surface area contributed by atoms with Crippen molar-refractivity contribution in [1.29, 1.82) is 0 Å². The van der Waals surface area contributed by atoms with E-state index in [1.807, 2.05) is 0 Å². The first-order valence-electron chi connectivity index (χ1n) is 4.44. The predicted octanol–water partition coefficient (Wildman–Crippen LogP) is 1.03. The van der Waals surface area contributed by atoms with Crippen molar-refractivity contribution >= 4 is 12.3 Å². The summed E-state index contributed by atoms with van der Waals surface area (Å²) in [6.07, 6.45) is 0.657. The highest BCUT2D eigenvalue weighted by Gasteiger charge is 2.01. The maximum atomic E-state index is 10.8. The summed E-state index contributed by atoms with van der Waals surface area (Å²) in [7, 11) is 2.75. The van der Waals surface area contributed by atoms with Gasteiger partial charge in [0, 0.05) is 17.0 Å². The number of hydrogen-bond donors (Lipinski definition) is 0. The molecule has 0 bridgehead atoms. The first kappa shape index (κ1) is 11.8. The van der Waals surface area contributed by atoms with E-state index in [-0.39, 0.29) is 0 Å². The fraction of sp³-hybridized carbons (Fsp3) is 0.167. The van der Waals surface area contributed by atoms with Gasteiger partial charge in [-0.05, 0) is 18.2 Å². The number of benzene rings is 1. The van der Waals surface area contributed by atoms with E-state index in [9.17, 15) is 9.59 Å². The molecule has 0 N–H and O–H groups in total. The molecule has 0 saturated carbocycles. The van der Waals surface area contributed by atoms with Gasteiger partial charge in [0.15, 0.2) is 6.29 Å². The second kappa shape index (κ2) is 5.56. The van der Waals surface area contributed by atoms with Crippen molar-refractivity contribution in [3.63, 3.8) is 0 Å². The van der Waals surface area contributed by atoms with Gasteiger partial charge in [-0.2, -0.15) is 0 Å². The van der Waals surface area contributed by atoms with Crippen LogP contribution in [0.1, 0.15) is 15.9 Å². The van der Waals surface area contributed by atoms with Gasteiger partial charge in [-0.25, -0.2) is 4.79 Å². The summed E-state index contributed by atoms with van der Waals surface area (Å²) in [4.78, 5) is 21.6.